The van der Waals surface area contributed by atoms with Crippen LogP contribution in [-0.4, -0.2) is 52.0 Å². The quantitative estimate of drug-likeness (QED) is 0.867. The van der Waals surface area contributed by atoms with Crippen LogP contribution < -0.4 is 0 Å². The van der Waals surface area contributed by atoms with E-state index in [9.17, 15) is 9.59 Å². The van der Waals surface area contributed by atoms with Crippen molar-refractivity contribution >= 4 is 12.0 Å². The molecule has 1 heterocycles. The molecule has 0 aromatic carbocycles. The van der Waals surface area contributed by atoms with Crippen LogP contribution in [0, 0.1) is 0 Å². The second kappa shape index (κ2) is 6.00. The maximum absolute atomic E-state index is 12.0. The number of carbonyl (C=O) groups excluding carboxylic acids is 1. The number of urea groups is 1. The van der Waals surface area contributed by atoms with E-state index < -0.39 is 12.0 Å². The number of carboxylic acid groups (broad SMARTS) is 1. The van der Waals surface area contributed by atoms with Gasteiger partial charge in [0.2, 0.25) is 0 Å². The van der Waals surface area contributed by atoms with Gasteiger partial charge in [-0.25, -0.2) is 9.59 Å². The number of likely N-dealkylation sites (N-methyl/N-ethyl adjacent to an activating group) is 1. The first-order valence-electron chi connectivity index (χ1n) is 5.53. The lowest BCUT2D eigenvalue weighted by Gasteiger charge is -2.27. The van der Waals surface area contributed by atoms with E-state index in [0.29, 0.717) is 6.54 Å². The molecule has 0 spiro atoms. The maximum atomic E-state index is 12.0. The molecule has 0 saturated heterocycles. The standard InChI is InChI=1S/C12H17N3O3/c1-9(11(16)17)15(3)12(18)14(2)8-10-4-6-13-7-5-10/h4-7,9H,8H2,1-3H3,(H,16,17). The first kappa shape index (κ1) is 14.0. The van der Waals surface area contributed by atoms with E-state index in [4.69, 9.17) is 5.11 Å². The maximum Gasteiger partial charge on any atom is 0.326 e. The summed E-state index contributed by atoms with van der Waals surface area (Å²) in [5.41, 5.74) is 0.942. The van der Waals surface area contributed by atoms with Gasteiger partial charge in [0, 0.05) is 33.0 Å². The van der Waals surface area contributed by atoms with Crippen molar-refractivity contribution in [2.24, 2.45) is 0 Å². The van der Waals surface area contributed by atoms with Crippen molar-refractivity contribution in [2.45, 2.75) is 19.5 Å². The molecule has 18 heavy (non-hydrogen) atoms. The van der Waals surface area contributed by atoms with E-state index in [1.165, 1.54) is 23.8 Å². The van der Waals surface area contributed by atoms with Crippen LogP contribution in [0.4, 0.5) is 4.79 Å². The molecule has 6 nitrogen and oxygen atoms in total. The molecule has 0 bridgehead atoms. The van der Waals surface area contributed by atoms with Crippen molar-refractivity contribution in [3.8, 4) is 0 Å². The van der Waals surface area contributed by atoms with Crippen molar-refractivity contribution in [3.05, 3.63) is 30.1 Å². The van der Waals surface area contributed by atoms with Crippen LogP contribution >= 0.6 is 0 Å². The summed E-state index contributed by atoms with van der Waals surface area (Å²) in [6, 6.07) is 2.44. The van der Waals surface area contributed by atoms with Gasteiger partial charge in [-0.15, -0.1) is 0 Å². The van der Waals surface area contributed by atoms with Crippen LogP contribution in [0.3, 0.4) is 0 Å². The van der Waals surface area contributed by atoms with E-state index >= 15 is 0 Å². The molecular weight excluding hydrogens is 234 g/mol. The number of aromatic nitrogens is 1. The zero-order valence-corrected chi connectivity index (χ0v) is 10.7. The molecule has 1 rings (SSSR count). The molecule has 1 unspecified atom stereocenters. The van der Waals surface area contributed by atoms with Crippen LogP contribution in [0.5, 0.6) is 0 Å². The summed E-state index contributed by atoms with van der Waals surface area (Å²) < 4.78 is 0. The molecule has 1 atom stereocenters. The van der Waals surface area contributed by atoms with Crippen LogP contribution in [0.2, 0.25) is 0 Å². The van der Waals surface area contributed by atoms with Crippen molar-refractivity contribution in [2.75, 3.05) is 14.1 Å². The lowest BCUT2D eigenvalue weighted by Crippen LogP contribution is -2.46. The third-order valence-corrected chi connectivity index (χ3v) is 2.74. The molecule has 0 radical (unpaired) electrons. The Balaban J connectivity index is 2.64. The zero-order chi connectivity index (χ0) is 13.7. The fourth-order valence-electron chi connectivity index (χ4n) is 1.43. The molecule has 2 amide bonds. The highest BCUT2D eigenvalue weighted by Gasteiger charge is 2.24. The number of pyridine rings is 1. The summed E-state index contributed by atoms with van der Waals surface area (Å²) in [4.78, 5) is 29.3. The molecule has 1 aromatic rings. The number of aliphatic carboxylic acids is 1. The number of hydrogen-bond acceptors (Lipinski definition) is 3. The summed E-state index contributed by atoms with van der Waals surface area (Å²) in [5.74, 6) is -1.02. The Morgan fingerprint density at radius 1 is 1.33 bits per heavy atom. The van der Waals surface area contributed by atoms with Crippen molar-refractivity contribution < 1.29 is 14.7 Å². The van der Waals surface area contributed by atoms with E-state index in [1.807, 2.05) is 12.1 Å². The van der Waals surface area contributed by atoms with E-state index in [2.05, 4.69) is 4.98 Å². The van der Waals surface area contributed by atoms with Gasteiger partial charge in [0.1, 0.15) is 6.04 Å². The molecule has 0 fully saturated rings. The molecule has 1 N–H and O–H groups in total. The Morgan fingerprint density at radius 2 is 1.89 bits per heavy atom. The molecule has 0 saturated carbocycles. The Labute approximate surface area is 106 Å². The Kier molecular flexibility index (Phi) is 4.65. The van der Waals surface area contributed by atoms with Gasteiger partial charge < -0.3 is 14.9 Å². The summed E-state index contributed by atoms with van der Waals surface area (Å²) in [5, 5.41) is 8.85. The predicted octanol–water partition coefficient (Wildman–Crippen LogP) is 1.04. The fraction of sp³-hybridized carbons (Fsp3) is 0.417. The summed E-state index contributed by atoms with van der Waals surface area (Å²) in [6.45, 7) is 1.89. The molecule has 98 valence electrons. The third kappa shape index (κ3) is 3.44. The number of carboxylic acids is 1. The molecule has 0 aliphatic heterocycles. The number of rotatable bonds is 4. The molecule has 6 heteroatoms. The monoisotopic (exact) mass is 251 g/mol. The van der Waals surface area contributed by atoms with Crippen molar-refractivity contribution in [1.29, 1.82) is 0 Å². The van der Waals surface area contributed by atoms with Gasteiger partial charge in [0.05, 0.1) is 0 Å². The van der Waals surface area contributed by atoms with Gasteiger partial charge in [-0.05, 0) is 24.6 Å². The van der Waals surface area contributed by atoms with Crippen LogP contribution in [0.1, 0.15) is 12.5 Å². The SMILES string of the molecule is CC(C(=O)O)N(C)C(=O)N(C)Cc1ccncc1. The number of amides is 2. The molecular formula is C12H17N3O3. The zero-order valence-electron chi connectivity index (χ0n) is 10.7. The topological polar surface area (TPSA) is 73.7 Å². The predicted molar refractivity (Wildman–Crippen MR) is 66.0 cm³/mol. The largest absolute Gasteiger partial charge is 0.480 e. The molecule has 0 aliphatic rings. The number of hydrogen-bond donors (Lipinski definition) is 1. The van der Waals surface area contributed by atoms with Crippen molar-refractivity contribution in [3.63, 3.8) is 0 Å². The van der Waals surface area contributed by atoms with Gasteiger partial charge in [-0.3, -0.25) is 4.98 Å². The van der Waals surface area contributed by atoms with Crippen LogP contribution in [0.15, 0.2) is 24.5 Å². The second-order valence-corrected chi connectivity index (χ2v) is 4.12. The van der Waals surface area contributed by atoms with E-state index in [0.717, 1.165) is 5.56 Å². The minimum absolute atomic E-state index is 0.332. The fourth-order valence-corrected chi connectivity index (χ4v) is 1.43. The van der Waals surface area contributed by atoms with Crippen LogP contribution in [-0.2, 0) is 11.3 Å². The minimum atomic E-state index is -1.02. The average molecular weight is 251 g/mol. The summed E-state index contributed by atoms with van der Waals surface area (Å²) in [7, 11) is 3.11. The van der Waals surface area contributed by atoms with Crippen LogP contribution in [0.25, 0.3) is 0 Å². The Morgan fingerprint density at radius 3 is 2.39 bits per heavy atom. The van der Waals surface area contributed by atoms with Gasteiger partial charge >= 0.3 is 12.0 Å². The smallest absolute Gasteiger partial charge is 0.326 e. The highest BCUT2D eigenvalue weighted by molar-refractivity contribution is 5.82. The van der Waals surface area contributed by atoms with E-state index in [1.54, 1.807) is 19.4 Å². The Bertz CT molecular complexity index is 422. The summed E-state index contributed by atoms with van der Waals surface area (Å²) >= 11 is 0. The lowest BCUT2D eigenvalue weighted by atomic mass is 10.2. The highest BCUT2D eigenvalue weighted by atomic mass is 16.4. The van der Waals surface area contributed by atoms with Gasteiger partial charge in [0.25, 0.3) is 0 Å². The van der Waals surface area contributed by atoms with Gasteiger partial charge in [-0.1, -0.05) is 0 Å². The average Bonchev–Trinajstić information content (AvgIpc) is 2.37. The summed E-state index contributed by atoms with van der Waals surface area (Å²) in [6.07, 6.45) is 3.30. The normalized spacial score (nSPS) is 11.7. The van der Waals surface area contributed by atoms with Crippen molar-refractivity contribution in [1.82, 2.24) is 14.8 Å². The minimum Gasteiger partial charge on any atom is -0.480 e. The van der Waals surface area contributed by atoms with Gasteiger partial charge in [0.15, 0.2) is 0 Å². The molecule has 0 aliphatic carbocycles. The lowest BCUT2D eigenvalue weighted by molar-refractivity contribution is -0.141. The first-order valence-corrected chi connectivity index (χ1v) is 5.53. The van der Waals surface area contributed by atoms with Gasteiger partial charge in [-0.2, -0.15) is 0 Å². The number of nitrogens with zero attached hydrogens (tertiary/aromatic N) is 3. The molecule has 1 aromatic heterocycles. The Hall–Kier alpha value is -2.11. The van der Waals surface area contributed by atoms with E-state index in [-0.39, 0.29) is 6.03 Å². The number of carbonyl (C=O) groups is 2. The third-order valence-electron chi connectivity index (χ3n) is 2.74. The highest BCUT2D eigenvalue weighted by Crippen LogP contribution is 2.06. The first-order chi connectivity index (χ1) is 8.43. The second-order valence-electron chi connectivity index (χ2n) is 4.12.